The highest BCUT2D eigenvalue weighted by Gasteiger charge is 2.21. The van der Waals surface area contributed by atoms with Crippen LogP contribution < -0.4 is 11.1 Å². The van der Waals surface area contributed by atoms with E-state index in [0.29, 0.717) is 34.6 Å². The van der Waals surface area contributed by atoms with Crippen molar-refractivity contribution in [2.45, 2.75) is 33.2 Å². The molecule has 142 valence electrons. The van der Waals surface area contributed by atoms with Gasteiger partial charge in [0.2, 0.25) is 5.91 Å². The standard InChI is InChI=1S/C19H20N2O5S/c1-11-12(2)27-17(16(11)18(23)25-3)20-15(22)9-6-10-21-13-7-4-5-8-14(13)26-19(21)24/h4-5,7-8H,6,9-10H2,1-3H3,(H,20,22). The van der Waals surface area contributed by atoms with Crippen LogP contribution in [0.4, 0.5) is 5.00 Å². The first-order valence-corrected chi connectivity index (χ1v) is 9.30. The van der Waals surface area contributed by atoms with Crippen molar-refractivity contribution in [2.75, 3.05) is 12.4 Å². The van der Waals surface area contributed by atoms with Crippen LogP contribution in [-0.2, 0) is 16.1 Å². The minimum atomic E-state index is -0.469. The van der Waals surface area contributed by atoms with Crippen LogP contribution in [0.15, 0.2) is 33.5 Å². The number of para-hydroxylation sites is 2. The van der Waals surface area contributed by atoms with Crippen molar-refractivity contribution in [3.05, 3.63) is 50.8 Å². The van der Waals surface area contributed by atoms with Gasteiger partial charge in [-0.15, -0.1) is 11.3 Å². The van der Waals surface area contributed by atoms with Crippen LogP contribution in [0.3, 0.4) is 0 Å². The van der Waals surface area contributed by atoms with Gasteiger partial charge in [0.1, 0.15) is 5.00 Å². The summed E-state index contributed by atoms with van der Waals surface area (Å²) in [5.41, 5.74) is 2.43. The molecule has 0 atom stereocenters. The molecule has 0 saturated carbocycles. The van der Waals surface area contributed by atoms with E-state index in [4.69, 9.17) is 9.15 Å². The zero-order valence-electron chi connectivity index (χ0n) is 15.3. The molecule has 0 fully saturated rings. The molecule has 3 rings (SSSR count). The molecule has 1 N–H and O–H groups in total. The van der Waals surface area contributed by atoms with E-state index in [9.17, 15) is 14.4 Å². The van der Waals surface area contributed by atoms with Gasteiger partial charge < -0.3 is 14.5 Å². The van der Waals surface area contributed by atoms with E-state index >= 15 is 0 Å². The fourth-order valence-electron chi connectivity index (χ4n) is 2.88. The molecule has 0 bridgehead atoms. The van der Waals surface area contributed by atoms with Crippen LogP contribution >= 0.6 is 11.3 Å². The number of amides is 1. The lowest BCUT2D eigenvalue weighted by atomic mass is 10.1. The average Bonchev–Trinajstić information content (AvgIpc) is 3.10. The lowest BCUT2D eigenvalue weighted by Gasteiger charge is -2.06. The van der Waals surface area contributed by atoms with Gasteiger partial charge in [-0.2, -0.15) is 0 Å². The molecule has 27 heavy (non-hydrogen) atoms. The predicted octanol–water partition coefficient (Wildman–Crippen LogP) is 3.48. The number of carbonyl (C=O) groups excluding carboxylic acids is 2. The highest BCUT2D eigenvalue weighted by atomic mass is 32.1. The van der Waals surface area contributed by atoms with Gasteiger partial charge in [0, 0.05) is 17.8 Å². The lowest BCUT2D eigenvalue weighted by molar-refractivity contribution is -0.116. The molecular weight excluding hydrogens is 368 g/mol. The Kier molecular flexibility index (Phi) is 5.46. The number of methoxy groups -OCH3 is 1. The number of benzene rings is 1. The van der Waals surface area contributed by atoms with Crippen molar-refractivity contribution in [1.82, 2.24) is 4.57 Å². The summed E-state index contributed by atoms with van der Waals surface area (Å²) in [5.74, 6) is -1.13. The largest absolute Gasteiger partial charge is 0.465 e. The number of oxazole rings is 1. The zero-order valence-corrected chi connectivity index (χ0v) is 16.1. The van der Waals surface area contributed by atoms with Crippen molar-refractivity contribution < 1.29 is 18.7 Å². The Hall–Kier alpha value is -2.87. The Balaban J connectivity index is 1.65. The molecule has 0 aliphatic heterocycles. The fourth-order valence-corrected chi connectivity index (χ4v) is 3.94. The third-order valence-corrected chi connectivity index (χ3v) is 5.51. The van der Waals surface area contributed by atoms with Crippen molar-refractivity contribution >= 4 is 39.3 Å². The molecule has 0 unspecified atom stereocenters. The first-order chi connectivity index (χ1) is 12.9. The van der Waals surface area contributed by atoms with Crippen molar-refractivity contribution in [3.8, 4) is 0 Å². The summed E-state index contributed by atoms with van der Waals surface area (Å²) in [6.07, 6.45) is 0.675. The van der Waals surface area contributed by atoms with E-state index in [2.05, 4.69) is 5.32 Å². The minimum Gasteiger partial charge on any atom is -0.465 e. The van der Waals surface area contributed by atoms with Gasteiger partial charge >= 0.3 is 11.7 Å². The topological polar surface area (TPSA) is 90.5 Å². The number of hydrogen-bond donors (Lipinski definition) is 1. The smallest absolute Gasteiger partial charge is 0.419 e. The number of aromatic nitrogens is 1. The number of fused-ring (bicyclic) bond motifs is 1. The number of ether oxygens (including phenoxy) is 1. The summed E-state index contributed by atoms with van der Waals surface area (Å²) in [6.45, 7) is 4.08. The Labute approximate surface area is 159 Å². The second-order valence-electron chi connectivity index (χ2n) is 6.12. The molecule has 0 saturated heterocycles. The normalized spacial score (nSPS) is 10.9. The molecule has 7 nitrogen and oxygen atoms in total. The number of aryl methyl sites for hydroxylation is 2. The second-order valence-corrected chi connectivity index (χ2v) is 7.34. The zero-order chi connectivity index (χ0) is 19.6. The van der Waals surface area contributed by atoms with E-state index in [1.165, 1.54) is 23.0 Å². The van der Waals surface area contributed by atoms with Gasteiger partial charge in [-0.1, -0.05) is 12.1 Å². The summed E-state index contributed by atoms with van der Waals surface area (Å²) in [4.78, 5) is 37.2. The van der Waals surface area contributed by atoms with Gasteiger partial charge in [0.25, 0.3) is 0 Å². The van der Waals surface area contributed by atoms with Crippen LogP contribution in [0, 0.1) is 13.8 Å². The minimum absolute atomic E-state index is 0.211. The average molecular weight is 388 g/mol. The van der Waals surface area contributed by atoms with E-state index in [1.54, 1.807) is 18.2 Å². The highest BCUT2D eigenvalue weighted by Crippen LogP contribution is 2.33. The van der Waals surface area contributed by atoms with Crippen LogP contribution in [-0.4, -0.2) is 23.6 Å². The number of hydrogen-bond acceptors (Lipinski definition) is 6. The number of nitrogens with one attached hydrogen (secondary N) is 1. The second kappa shape index (κ2) is 7.79. The molecule has 2 heterocycles. The number of esters is 1. The van der Waals surface area contributed by atoms with Crippen molar-refractivity contribution in [2.24, 2.45) is 0 Å². The van der Waals surface area contributed by atoms with Gasteiger partial charge in [0.05, 0.1) is 18.2 Å². The van der Waals surface area contributed by atoms with Crippen LogP contribution in [0.1, 0.15) is 33.6 Å². The maximum absolute atomic E-state index is 12.3. The predicted molar refractivity (Wildman–Crippen MR) is 103 cm³/mol. The maximum Gasteiger partial charge on any atom is 0.419 e. The Morgan fingerprint density at radius 2 is 2.00 bits per heavy atom. The summed E-state index contributed by atoms with van der Waals surface area (Å²) in [5, 5.41) is 3.28. The number of nitrogens with zero attached hydrogens (tertiary/aromatic N) is 1. The van der Waals surface area contributed by atoms with Gasteiger partial charge in [-0.05, 0) is 38.0 Å². The number of thiophene rings is 1. The van der Waals surface area contributed by atoms with E-state index in [-0.39, 0.29) is 12.3 Å². The Bertz CT molecular complexity index is 1060. The van der Waals surface area contributed by atoms with Crippen LogP contribution in [0.2, 0.25) is 0 Å². The first kappa shape index (κ1) is 18.9. The van der Waals surface area contributed by atoms with Gasteiger partial charge in [0.15, 0.2) is 5.58 Å². The Morgan fingerprint density at radius 3 is 2.74 bits per heavy atom. The molecule has 1 amide bonds. The summed E-state index contributed by atoms with van der Waals surface area (Å²) >= 11 is 1.35. The molecule has 0 spiro atoms. The first-order valence-electron chi connectivity index (χ1n) is 8.49. The SMILES string of the molecule is COC(=O)c1c(NC(=O)CCCn2c(=O)oc3ccccc32)sc(C)c1C. The summed E-state index contributed by atoms with van der Waals surface area (Å²) < 4.78 is 11.5. The van der Waals surface area contributed by atoms with Crippen LogP contribution in [0.5, 0.6) is 0 Å². The van der Waals surface area contributed by atoms with E-state index in [1.807, 2.05) is 19.9 Å². The number of carbonyl (C=O) groups is 2. The third kappa shape index (κ3) is 3.80. The van der Waals surface area contributed by atoms with Gasteiger partial charge in [-0.3, -0.25) is 9.36 Å². The van der Waals surface area contributed by atoms with Crippen molar-refractivity contribution in [3.63, 3.8) is 0 Å². The quantitative estimate of drug-likeness (QED) is 0.653. The molecular formula is C19H20N2O5S. The number of rotatable bonds is 6. The monoisotopic (exact) mass is 388 g/mol. The maximum atomic E-state index is 12.3. The highest BCUT2D eigenvalue weighted by molar-refractivity contribution is 7.16. The van der Waals surface area contributed by atoms with Crippen LogP contribution in [0.25, 0.3) is 11.1 Å². The Morgan fingerprint density at radius 1 is 1.26 bits per heavy atom. The van der Waals surface area contributed by atoms with E-state index in [0.717, 1.165) is 10.4 Å². The summed E-state index contributed by atoms with van der Waals surface area (Å²) in [7, 11) is 1.31. The fraction of sp³-hybridized carbons (Fsp3) is 0.316. The summed E-state index contributed by atoms with van der Waals surface area (Å²) in [6, 6.07) is 7.17. The number of anilines is 1. The van der Waals surface area contributed by atoms with E-state index < -0.39 is 11.7 Å². The molecule has 1 aromatic carbocycles. The molecule has 0 radical (unpaired) electrons. The molecule has 3 aromatic rings. The molecule has 2 aromatic heterocycles. The van der Waals surface area contributed by atoms with Crippen molar-refractivity contribution in [1.29, 1.82) is 0 Å². The molecule has 0 aliphatic rings. The molecule has 8 heteroatoms. The molecule has 0 aliphatic carbocycles. The third-order valence-electron chi connectivity index (χ3n) is 4.39. The van der Waals surface area contributed by atoms with Gasteiger partial charge in [-0.25, -0.2) is 9.59 Å². The lowest BCUT2D eigenvalue weighted by Crippen LogP contribution is -2.17.